The molecule has 2 unspecified atom stereocenters. The minimum atomic E-state index is -0.389. The van der Waals surface area contributed by atoms with E-state index in [1.807, 2.05) is 0 Å². The summed E-state index contributed by atoms with van der Waals surface area (Å²) in [6.45, 7) is 0.710. The van der Waals surface area contributed by atoms with Crippen LogP contribution in [0.15, 0.2) is 11.0 Å². The Hall–Kier alpha value is -1.07. The fraction of sp³-hybridized carbons (Fsp3) is 0.636. The van der Waals surface area contributed by atoms with Crippen LogP contribution in [0.4, 0.5) is 5.69 Å². The number of halogens is 1. The van der Waals surface area contributed by atoms with Gasteiger partial charge >= 0.3 is 0 Å². The molecule has 1 fully saturated rings. The maximum Gasteiger partial charge on any atom is 0.285 e. The van der Waals surface area contributed by atoms with E-state index >= 15 is 0 Å². The van der Waals surface area contributed by atoms with Crippen LogP contribution in [0.5, 0.6) is 0 Å². The summed E-state index contributed by atoms with van der Waals surface area (Å²) < 4.78 is 0. The van der Waals surface area contributed by atoms with Crippen molar-refractivity contribution in [2.75, 3.05) is 11.9 Å². The van der Waals surface area contributed by atoms with E-state index in [4.69, 9.17) is 11.6 Å². The third kappa shape index (κ3) is 3.20. The normalized spacial score (nSPS) is 24.6. The maximum absolute atomic E-state index is 11.2. The van der Waals surface area contributed by atoms with E-state index in [1.54, 1.807) is 0 Å². The molecule has 0 saturated heterocycles. The lowest BCUT2D eigenvalue weighted by Crippen LogP contribution is -2.25. The Morgan fingerprint density at radius 2 is 2.41 bits per heavy atom. The van der Waals surface area contributed by atoms with E-state index < -0.39 is 0 Å². The topological polar surface area (TPSA) is 78.0 Å². The van der Waals surface area contributed by atoms with Crippen molar-refractivity contribution in [1.29, 1.82) is 0 Å². The molecule has 94 valence electrons. The van der Waals surface area contributed by atoms with E-state index in [9.17, 15) is 9.90 Å². The molecule has 17 heavy (non-hydrogen) atoms. The number of anilines is 1. The van der Waals surface area contributed by atoms with Gasteiger partial charge in [-0.3, -0.25) is 4.79 Å². The fourth-order valence-corrected chi connectivity index (χ4v) is 2.37. The van der Waals surface area contributed by atoms with Crippen molar-refractivity contribution in [2.45, 2.75) is 31.8 Å². The van der Waals surface area contributed by atoms with Crippen LogP contribution in [-0.4, -0.2) is 28.0 Å². The Bertz CT molecular complexity index is 435. The molecule has 5 nitrogen and oxygen atoms in total. The molecular formula is C11H16ClN3O2. The number of aliphatic hydroxyl groups excluding tert-OH is 1. The molecule has 0 aliphatic heterocycles. The van der Waals surface area contributed by atoms with Crippen molar-refractivity contribution in [3.63, 3.8) is 0 Å². The van der Waals surface area contributed by atoms with Gasteiger partial charge in [0.25, 0.3) is 5.56 Å². The highest BCUT2D eigenvalue weighted by Crippen LogP contribution is 2.25. The summed E-state index contributed by atoms with van der Waals surface area (Å²) in [5.41, 5.74) is 0.163. The molecule has 6 heteroatoms. The second-order valence-corrected chi connectivity index (χ2v) is 4.87. The number of nitrogens with zero attached hydrogens (tertiary/aromatic N) is 1. The summed E-state index contributed by atoms with van der Waals surface area (Å²) in [5, 5.41) is 18.8. The van der Waals surface area contributed by atoms with Gasteiger partial charge in [0.2, 0.25) is 0 Å². The van der Waals surface area contributed by atoms with Crippen LogP contribution in [-0.2, 0) is 0 Å². The zero-order chi connectivity index (χ0) is 12.3. The summed E-state index contributed by atoms with van der Waals surface area (Å²) in [5.74, 6) is 0.425. The Kier molecular flexibility index (Phi) is 4.02. The molecule has 1 heterocycles. The summed E-state index contributed by atoms with van der Waals surface area (Å²) in [7, 11) is 0. The molecule has 0 spiro atoms. The van der Waals surface area contributed by atoms with Gasteiger partial charge in [0.1, 0.15) is 5.02 Å². The first-order valence-electron chi connectivity index (χ1n) is 5.82. The number of aliphatic hydroxyl groups is 1. The zero-order valence-electron chi connectivity index (χ0n) is 9.45. The SMILES string of the molecule is O=c1[nH]ncc(NCC2CCCC(O)C2)c1Cl. The lowest BCUT2D eigenvalue weighted by Gasteiger charge is -2.26. The maximum atomic E-state index is 11.2. The van der Waals surface area contributed by atoms with Gasteiger partial charge < -0.3 is 10.4 Å². The largest absolute Gasteiger partial charge is 0.393 e. The van der Waals surface area contributed by atoms with Crippen LogP contribution in [0.2, 0.25) is 5.02 Å². The van der Waals surface area contributed by atoms with Crippen molar-refractivity contribution < 1.29 is 5.11 Å². The van der Waals surface area contributed by atoms with Crippen molar-refractivity contribution in [3.8, 4) is 0 Å². The third-order valence-electron chi connectivity index (χ3n) is 3.13. The first-order chi connectivity index (χ1) is 8.16. The first kappa shape index (κ1) is 12.4. The van der Waals surface area contributed by atoms with Gasteiger partial charge in [-0.15, -0.1) is 0 Å². The van der Waals surface area contributed by atoms with E-state index in [-0.39, 0.29) is 16.7 Å². The number of hydrogen-bond acceptors (Lipinski definition) is 4. The average molecular weight is 258 g/mol. The predicted molar refractivity (Wildman–Crippen MR) is 66.3 cm³/mol. The molecule has 0 radical (unpaired) electrons. The van der Waals surface area contributed by atoms with Gasteiger partial charge in [-0.25, -0.2) is 5.10 Å². The van der Waals surface area contributed by atoms with Gasteiger partial charge in [-0.1, -0.05) is 18.0 Å². The molecule has 0 amide bonds. The van der Waals surface area contributed by atoms with Gasteiger partial charge in [-0.05, 0) is 25.2 Å². The minimum Gasteiger partial charge on any atom is -0.393 e. The highest BCUT2D eigenvalue weighted by Gasteiger charge is 2.20. The number of rotatable bonds is 3. The quantitative estimate of drug-likeness (QED) is 0.765. The molecular weight excluding hydrogens is 242 g/mol. The van der Waals surface area contributed by atoms with E-state index in [0.29, 0.717) is 18.2 Å². The zero-order valence-corrected chi connectivity index (χ0v) is 10.2. The number of aromatic amines is 1. The Balaban J connectivity index is 1.93. The molecule has 0 bridgehead atoms. The molecule has 3 N–H and O–H groups in total. The molecule has 1 aliphatic carbocycles. The van der Waals surface area contributed by atoms with Crippen molar-refractivity contribution in [1.82, 2.24) is 10.2 Å². The number of aromatic nitrogens is 2. The van der Waals surface area contributed by atoms with Crippen LogP contribution in [0.25, 0.3) is 0 Å². The second-order valence-electron chi connectivity index (χ2n) is 4.49. The van der Waals surface area contributed by atoms with Crippen molar-refractivity contribution in [2.24, 2.45) is 5.92 Å². The lowest BCUT2D eigenvalue weighted by molar-refractivity contribution is 0.105. The summed E-state index contributed by atoms with van der Waals surface area (Å²) in [4.78, 5) is 11.2. The summed E-state index contributed by atoms with van der Waals surface area (Å²) in [6.07, 6.45) is 5.16. The van der Waals surface area contributed by atoms with Gasteiger partial charge in [0.15, 0.2) is 0 Å². The Morgan fingerprint density at radius 3 is 3.18 bits per heavy atom. The highest BCUT2D eigenvalue weighted by atomic mass is 35.5. The van der Waals surface area contributed by atoms with E-state index in [1.165, 1.54) is 6.20 Å². The van der Waals surface area contributed by atoms with E-state index in [0.717, 1.165) is 25.7 Å². The van der Waals surface area contributed by atoms with Crippen LogP contribution in [0, 0.1) is 5.92 Å². The second kappa shape index (κ2) is 5.51. The van der Waals surface area contributed by atoms with E-state index in [2.05, 4.69) is 15.5 Å². The molecule has 2 rings (SSSR count). The highest BCUT2D eigenvalue weighted by molar-refractivity contribution is 6.32. The molecule has 1 aromatic rings. The standard InChI is InChI=1S/C11H16ClN3O2/c12-10-9(6-14-15-11(10)17)13-5-7-2-1-3-8(16)4-7/h6-8,16H,1-5H2,(H2,13,15,17). The molecule has 1 aliphatic rings. The average Bonchev–Trinajstić information content (AvgIpc) is 2.31. The predicted octanol–water partition coefficient (Wildman–Crippen LogP) is 1.39. The smallest absolute Gasteiger partial charge is 0.285 e. The van der Waals surface area contributed by atoms with Gasteiger partial charge in [0.05, 0.1) is 18.0 Å². The monoisotopic (exact) mass is 257 g/mol. The van der Waals surface area contributed by atoms with Crippen molar-refractivity contribution >= 4 is 17.3 Å². The minimum absolute atomic E-state index is 0.136. The van der Waals surface area contributed by atoms with Crippen molar-refractivity contribution in [3.05, 3.63) is 21.6 Å². The molecule has 1 aromatic heterocycles. The number of hydrogen-bond donors (Lipinski definition) is 3. The Morgan fingerprint density at radius 1 is 1.59 bits per heavy atom. The number of H-pyrrole nitrogens is 1. The molecule has 2 atom stereocenters. The summed E-state index contributed by atoms with van der Waals surface area (Å²) >= 11 is 5.84. The van der Waals surface area contributed by atoms with Crippen LogP contribution in [0.3, 0.4) is 0 Å². The van der Waals surface area contributed by atoms with Crippen LogP contribution in [0.1, 0.15) is 25.7 Å². The first-order valence-corrected chi connectivity index (χ1v) is 6.19. The molecule has 1 saturated carbocycles. The number of nitrogens with one attached hydrogen (secondary N) is 2. The summed E-state index contributed by atoms with van der Waals surface area (Å²) in [6, 6.07) is 0. The fourth-order valence-electron chi connectivity index (χ4n) is 2.21. The third-order valence-corrected chi connectivity index (χ3v) is 3.51. The van der Waals surface area contributed by atoms with Crippen LogP contribution >= 0.6 is 11.6 Å². The van der Waals surface area contributed by atoms with Crippen LogP contribution < -0.4 is 10.9 Å². The molecule has 0 aromatic carbocycles. The van der Waals surface area contributed by atoms with Gasteiger partial charge in [-0.2, -0.15) is 5.10 Å². The lowest BCUT2D eigenvalue weighted by atomic mass is 9.87. The van der Waals surface area contributed by atoms with Gasteiger partial charge in [0, 0.05) is 6.54 Å². The Labute approximate surface area is 104 Å².